The highest BCUT2D eigenvalue weighted by atomic mass is 19.4. The normalized spacial score (nSPS) is 16.5. The van der Waals surface area contributed by atoms with Crippen LogP contribution in [0.2, 0.25) is 0 Å². The molecule has 98 valence electrons. The molecule has 0 aromatic carbocycles. The van der Waals surface area contributed by atoms with E-state index in [2.05, 4.69) is 4.98 Å². The maximum absolute atomic E-state index is 12.1. The number of likely N-dealkylation sites (tertiary alicyclic amines) is 1. The molecule has 1 aliphatic rings. The van der Waals surface area contributed by atoms with Gasteiger partial charge in [0.05, 0.1) is 12.1 Å². The van der Waals surface area contributed by atoms with Crippen molar-refractivity contribution in [1.29, 1.82) is 0 Å². The molecule has 1 fully saturated rings. The molecular weight excluding hydrogens is 257 g/mol. The molecule has 0 unspecified atom stereocenters. The highest BCUT2D eigenvalue weighted by Crippen LogP contribution is 2.30. The van der Waals surface area contributed by atoms with Gasteiger partial charge in [0.2, 0.25) is 11.7 Å². The molecule has 0 saturated carbocycles. The standard InChI is InChI=1S/C9H7F3N2O4/c10-9(11,12)8(17)14-2-4(3-14)6-13-1-5(18-6)7(15)16/h1,4H,2-3H2,(H,15,16). The molecule has 0 aliphatic carbocycles. The van der Waals surface area contributed by atoms with E-state index < -0.39 is 24.0 Å². The summed E-state index contributed by atoms with van der Waals surface area (Å²) in [6.45, 7) is -0.365. The number of carboxylic acids is 1. The van der Waals surface area contributed by atoms with Crippen LogP contribution in [0, 0.1) is 0 Å². The fraction of sp³-hybridized carbons (Fsp3) is 0.444. The van der Waals surface area contributed by atoms with Gasteiger partial charge in [-0.15, -0.1) is 0 Å². The first-order valence-corrected chi connectivity index (χ1v) is 4.84. The van der Waals surface area contributed by atoms with E-state index in [1.165, 1.54) is 0 Å². The van der Waals surface area contributed by atoms with Crippen molar-refractivity contribution in [3.63, 3.8) is 0 Å². The number of aromatic carboxylic acids is 1. The Hall–Kier alpha value is -2.06. The third-order valence-corrected chi connectivity index (χ3v) is 2.49. The molecule has 6 nitrogen and oxygen atoms in total. The van der Waals surface area contributed by atoms with Crippen molar-refractivity contribution in [2.75, 3.05) is 13.1 Å². The summed E-state index contributed by atoms with van der Waals surface area (Å²) in [6, 6.07) is 0. The summed E-state index contributed by atoms with van der Waals surface area (Å²) in [5.41, 5.74) is 0. The van der Waals surface area contributed by atoms with E-state index in [4.69, 9.17) is 9.52 Å². The maximum Gasteiger partial charge on any atom is 0.471 e. The van der Waals surface area contributed by atoms with Crippen LogP contribution in [-0.2, 0) is 4.79 Å². The van der Waals surface area contributed by atoms with Crippen molar-refractivity contribution in [1.82, 2.24) is 9.88 Å². The zero-order valence-corrected chi connectivity index (χ0v) is 8.77. The largest absolute Gasteiger partial charge is 0.475 e. The molecule has 1 aromatic rings. The predicted octanol–water partition coefficient (Wildman–Crippen LogP) is 0.861. The Balaban J connectivity index is 1.96. The van der Waals surface area contributed by atoms with E-state index in [1.54, 1.807) is 0 Å². The van der Waals surface area contributed by atoms with Crippen molar-refractivity contribution in [2.24, 2.45) is 0 Å². The molecular formula is C9H7F3N2O4. The van der Waals surface area contributed by atoms with Gasteiger partial charge in [-0.2, -0.15) is 13.2 Å². The van der Waals surface area contributed by atoms with Gasteiger partial charge in [0.15, 0.2) is 0 Å². The van der Waals surface area contributed by atoms with Gasteiger partial charge >= 0.3 is 18.1 Å². The summed E-state index contributed by atoms with van der Waals surface area (Å²) in [5.74, 6) is -4.08. The van der Waals surface area contributed by atoms with Crippen LogP contribution in [0.25, 0.3) is 0 Å². The molecule has 18 heavy (non-hydrogen) atoms. The van der Waals surface area contributed by atoms with Crippen LogP contribution in [0.1, 0.15) is 22.4 Å². The molecule has 0 radical (unpaired) electrons. The lowest BCUT2D eigenvalue weighted by Gasteiger charge is -2.37. The van der Waals surface area contributed by atoms with Crippen molar-refractivity contribution in [2.45, 2.75) is 12.1 Å². The molecule has 0 atom stereocenters. The number of hydrogen-bond acceptors (Lipinski definition) is 4. The third kappa shape index (κ3) is 2.15. The van der Waals surface area contributed by atoms with Crippen molar-refractivity contribution < 1.29 is 32.3 Å². The Morgan fingerprint density at radius 2 is 2.06 bits per heavy atom. The second kappa shape index (κ2) is 4.00. The average molecular weight is 264 g/mol. The molecule has 1 saturated heterocycles. The highest BCUT2D eigenvalue weighted by molar-refractivity contribution is 5.84. The van der Waals surface area contributed by atoms with Crippen LogP contribution >= 0.6 is 0 Å². The van der Waals surface area contributed by atoms with Gasteiger partial charge in [-0.3, -0.25) is 4.79 Å². The van der Waals surface area contributed by atoms with Crippen molar-refractivity contribution >= 4 is 11.9 Å². The molecule has 0 bridgehead atoms. The van der Waals surface area contributed by atoms with Crippen LogP contribution in [0.3, 0.4) is 0 Å². The Labute approximate surface area is 98.0 Å². The summed E-state index contributed by atoms with van der Waals surface area (Å²) >= 11 is 0. The van der Waals surface area contributed by atoms with E-state index in [1.807, 2.05) is 0 Å². The van der Waals surface area contributed by atoms with E-state index in [-0.39, 0.29) is 24.7 Å². The lowest BCUT2D eigenvalue weighted by Crippen LogP contribution is -2.53. The first kappa shape index (κ1) is 12.4. The number of halogens is 3. The van der Waals surface area contributed by atoms with Gasteiger partial charge in [-0.25, -0.2) is 9.78 Å². The number of carbonyl (C=O) groups excluding carboxylic acids is 1. The SMILES string of the molecule is O=C(O)c1cnc(C2CN(C(=O)C(F)(F)F)C2)o1. The fourth-order valence-electron chi connectivity index (χ4n) is 1.56. The number of aromatic nitrogens is 1. The predicted molar refractivity (Wildman–Crippen MR) is 48.8 cm³/mol. The van der Waals surface area contributed by atoms with Gasteiger partial charge in [0, 0.05) is 13.1 Å². The van der Waals surface area contributed by atoms with E-state index in [0.717, 1.165) is 6.20 Å². The lowest BCUT2D eigenvalue weighted by molar-refractivity contribution is -0.190. The average Bonchev–Trinajstić information content (AvgIpc) is 2.62. The zero-order chi connectivity index (χ0) is 13.5. The minimum absolute atomic E-state index is 0.0265. The fourth-order valence-corrected chi connectivity index (χ4v) is 1.56. The second-order valence-corrected chi connectivity index (χ2v) is 3.77. The number of amides is 1. The Morgan fingerprint density at radius 1 is 1.44 bits per heavy atom. The first-order valence-electron chi connectivity index (χ1n) is 4.84. The maximum atomic E-state index is 12.1. The number of carboxylic acid groups (broad SMARTS) is 1. The molecule has 2 heterocycles. The number of nitrogens with zero attached hydrogens (tertiary/aromatic N) is 2. The summed E-state index contributed by atoms with van der Waals surface area (Å²) in [4.78, 5) is 25.5. The van der Waals surface area contributed by atoms with Gasteiger partial charge in [-0.1, -0.05) is 0 Å². The first-order chi connectivity index (χ1) is 8.29. The topological polar surface area (TPSA) is 83.6 Å². The summed E-state index contributed by atoms with van der Waals surface area (Å²) < 4.78 is 41.0. The van der Waals surface area contributed by atoms with Crippen LogP contribution in [0.15, 0.2) is 10.6 Å². The van der Waals surface area contributed by atoms with Crippen LogP contribution in [0.4, 0.5) is 13.2 Å². The quantitative estimate of drug-likeness (QED) is 0.856. The van der Waals surface area contributed by atoms with Crippen molar-refractivity contribution in [3.05, 3.63) is 17.8 Å². The lowest BCUT2D eigenvalue weighted by atomic mass is 10.0. The second-order valence-electron chi connectivity index (χ2n) is 3.77. The van der Waals surface area contributed by atoms with E-state index >= 15 is 0 Å². The molecule has 1 N–H and O–H groups in total. The van der Waals surface area contributed by atoms with E-state index in [0.29, 0.717) is 4.90 Å². The van der Waals surface area contributed by atoms with E-state index in [9.17, 15) is 22.8 Å². The van der Waals surface area contributed by atoms with Crippen LogP contribution in [-0.4, -0.2) is 46.1 Å². The zero-order valence-electron chi connectivity index (χ0n) is 8.77. The summed E-state index contributed by atoms with van der Waals surface area (Å²) in [7, 11) is 0. The molecule has 1 amide bonds. The smallest absolute Gasteiger partial charge is 0.471 e. The Bertz CT molecular complexity index is 490. The number of rotatable bonds is 2. The van der Waals surface area contributed by atoms with Gasteiger partial charge in [0.25, 0.3) is 0 Å². The molecule has 1 aromatic heterocycles. The third-order valence-electron chi connectivity index (χ3n) is 2.49. The Morgan fingerprint density at radius 3 is 2.50 bits per heavy atom. The van der Waals surface area contributed by atoms with Gasteiger partial charge in [0.1, 0.15) is 0 Å². The summed E-state index contributed by atoms with van der Waals surface area (Å²) in [6.07, 6.45) is -3.92. The van der Waals surface area contributed by atoms with Crippen LogP contribution in [0.5, 0.6) is 0 Å². The van der Waals surface area contributed by atoms with Crippen molar-refractivity contribution in [3.8, 4) is 0 Å². The number of hydrogen-bond donors (Lipinski definition) is 1. The molecule has 0 spiro atoms. The minimum atomic E-state index is -4.90. The molecule has 2 rings (SSSR count). The van der Waals surface area contributed by atoms with Gasteiger partial charge < -0.3 is 14.4 Å². The minimum Gasteiger partial charge on any atom is -0.475 e. The highest BCUT2D eigenvalue weighted by Gasteiger charge is 2.47. The monoisotopic (exact) mass is 264 g/mol. The Kier molecular flexibility index (Phi) is 2.76. The number of carbonyl (C=O) groups is 2. The number of alkyl halides is 3. The van der Waals surface area contributed by atoms with Gasteiger partial charge in [-0.05, 0) is 0 Å². The summed E-state index contributed by atoms with van der Waals surface area (Å²) in [5, 5.41) is 8.57. The molecule has 1 aliphatic heterocycles. The number of oxazole rings is 1. The van der Waals surface area contributed by atoms with Crippen LogP contribution < -0.4 is 0 Å². The molecule has 9 heteroatoms.